The zero-order valence-electron chi connectivity index (χ0n) is 9.54. The molecule has 0 radical (unpaired) electrons. The lowest BCUT2D eigenvalue weighted by atomic mass is 10.2. The highest BCUT2D eigenvalue weighted by Crippen LogP contribution is 2.09. The van der Waals surface area contributed by atoms with Crippen LogP contribution in [-0.2, 0) is 0 Å². The quantitative estimate of drug-likeness (QED) is 0.751. The van der Waals surface area contributed by atoms with Gasteiger partial charge in [-0.25, -0.2) is 0 Å². The third-order valence-corrected chi connectivity index (χ3v) is 3.42. The van der Waals surface area contributed by atoms with Crippen molar-refractivity contribution in [3.63, 3.8) is 0 Å². The number of piperazine rings is 1. The Morgan fingerprint density at radius 1 is 1.53 bits per heavy atom. The van der Waals surface area contributed by atoms with Crippen molar-refractivity contribution in [2.75, 3.05) is 26.2 Å². The Hall–Kier alpha value is -1.52. The van der Waals surface area contributed by atoms with Crippen molar-refractivity contribution < 1.29 is 4.79 Å². The monoisotopic (exact) mass is 251 g/mol. The molecule has 0 bridgehead atoms. The van der Waals surface area contributed by atoms with Gasteiger partial charge in [0.1, 0.15) is 0 Å². The van der Waals surface area contributed by atoms with E-state index in [1.807, 2.05) is 6.92 Å². The van der Waals surface area contributed by atoms with Gasteiger partial charge in [-0.15, -0.1) is 5.10 Å². The van der Waals surface area contributed by atoms with E-state index in [2.05, 4.69) is 20.6 Å². The largest absolute Gasteiger partial charge is 0.335 e. The minimum Gasteiger partial charge on any atom is -0.335 e. The molecule has 90 valence electrons. The van der Waals surface area contributed by atoms with Crippen molar-refractivity contribution in [1.29, 1.82) is 5.26 Å². The summed E-state index contributed by atoms with van der Waals surface area (Å²) in [6.45, 7) is 4.63. The standard InChI is InChI=1S/C10H13N5OS/c1-8(6-11)14-2-4-15(5-3-14)10(16)9-7-17-13-12-9/h7-8H,2-5H2,1H3. The zero-order chi connectivity index (χ0) is 12.3. The lowest BCUT2D eigenvalue weighted by Crippen LogP contribution is -2.51. The van der Waals surface area contributed by atoms with Crippen molar-refractivity contribution in [2.24, 2.45) is 0 Å². The number of hydrogen-bond donors (Lipinski definition) is 0. The van der Waals surface area contributed by atoms with Crippen LogP contribution in [0.25, 0.3) is 0 Å². The van der Waals surface area contributed by atoms with Crippen LogP contribution in [0.1, 0.15) is 17.4 Å². The van der Waals surface area contributed by atoms with Crippen LogP contribution < -0.4 is 0 Å². The molecular weight excluding hydrogens is 238 g/mol. The number of carbonyl (C=O) groups excluding carboxylic acids is 1. The maximum atomic E-state index is 12.0. The van der Waals surface area contributed by atoms with E-state index in [1.54, 1.807) is 10.3 Å². The molecule has 1 saturated heterocycles. The highest BCUT2D eigenvalue weighted by atomic mass is 32.1. The fourth-order valence-electron chi connectivity index (χ4n) is 1.81. The van der Waals surface area contributed by atoms with E-state index in [0.717, 1.165) is 13.1 Å². The fraction of sp³-hybridized carbons (Fsp3) is 0.600. The van der Waals surface area contributed by atoms with Gasteiger partial charge in [0, 0.05) is 31.6 Å². The fourth-order valence-corrected chi connectivity index (χ4v) is 2.24. The third-order valence-electron chi connectivity index (χ3n) is 2.92. The average molecular weight is 251 g/mol. The van der Waals surface area contributed by atoms with E-state index in [-0.39, 0.29) is 11.9 Å². The molecule has 17 heavy (non-hydrogen) atoms. The number of nitriles is 1. The van der Waals surface area contributed by atoms with Crippen LogP contribution in [0.4, 0.5) is 0 Å². The van der Waals surface area contributed by atoms with Gasteiger partial charge in [0.05, 0.1) is 12.1 Å². The van der Waals surface area contributed by atoms with Crippen molar-refractivity contribution in [3.05, 3.63) is 11.1 Å². The second kappa shape index (κ2) is 5.21. The van der Waals surface area contributed by atoms with Crippen LogP contribution in [0.15, 0.2) is 5.38 Å². The first-order valence-electron chi connectivity index (χ1n) is 5.42. The van der Waals surface area contributed by atoms with Gasteiger partial charge in [-0.3, -0.25) is 9.69 Å². The molecule has 1 aliphatic heterocycles. The summed E-state index contributed by atoms with van der Waals surface area (Å²) in [5.41, 5.74) is 0.414. The molecule has 1 fully saturated rings. The van der Waals surface area contributed by atoms with Gasteiger partial charge >= 0.3 is 0 Å². The molecule has 1 aromatic heterocycles. The Morgan fingerprint density at radius 2 is 2.24 bits per heavy atom. The van der Waals surface area contributed by atoms with E-state index in [1.165, 1.54) is 11.5 Å². The van der Waals surface area contributed by atoms with Crippen molar-refractivity contribution >= 4 is 17.4 Å². The second-order valence-corrected chi connectivity index (χ2v) is 4.53. The molecule has 1 atom stereocenters. The summed E-state index contributed by atoms with van der Waals surface area (Å²) in [5.74, 6) is -0.0667. The van der Waals surface area contributed by atoms with Gasteiger partial charge in [-0.05, 0) is 18.5 Å². The van der Waals surface area contributed by atoms with Gasteiger partial charge in [0.15, 0.2) is 5.69 Å². The molecule has 1 aromatic rings. The van der Waals surface area contributed by atoms with E-state index < -0.39 is 0 Å². The molecule has 0 aliphatic carbocycles. The van der Waals surface area contributed by atoms with Crippen LogP contribution in [0.3, 0.4) is 0 Å². The van der Waals surface area contributed by atoms with Gasteiger partial charge in [-0.2, -0.15) is 5.26 Å². The lowest BCUT2D eigenvalue weighted by Gasteiger charge is -2.35. The van der Waals surface area contributed by atoms with Crippen molar-refractivity contribution in [3.8, 4) is 6.07 Å². The molecule has 2 heterocycles. The summed E-state index contributed by atoms with van der Waals surface area (Å²) in [6, 6.07) is 2.12. The first kappa shape index (κ1) is 12.0. The molecule has 6 nitrogen and oxygen atoms in total. The van der Waals surface area contributed by atoms with Crippen LogP contribution in [0.5, 0.6) is 0 Å². The summed E-state index contributed by atoms with van der Waals surface area (Å²) in [5, 5.41) is 14.3. The number of nitrogens with zero attached hydrogens (tertiary/aromatic N) is 5. The SMILES string of the molecule is CC(C#N)N1CCN(C(=O)c2csnn2)CC1. The maximum Gasteiger partial charge on any atom is 0.275 e. The van der Waals surface area contributed by atoms with E-state index in [4.69, 9.17) is 5.26 Å². The first-order valence-corrected chi connectivity index (χ1v) is 6.26. The molecule has 2 rings (SSSR count). The molecule has 1 amide bonds. The highest BCUT2D eigenvalue weighted by Gasteiger charge is 2.25. The van der Waals surface area contributed by atoms with Crippen molar-refractivity contribution in [2.45, 2.75) is 13.0 Å². The highest BCUT2D eigenvalue weighted by molar-refractivity contribution is 7.03. The summed E-state index contributed by atoms with van der Waals surface area (Å²) in [6.07, 6.45) is 0. The van der Waals surface area contributed by atoms with Gasteiger partial charge in [0.2, 0.25) is 0 Å². The average Bonchev–Trinajstić information content (AvgIpc) is 2.91. The van der Waals surface area contributed by atoms with Crippen LogP contribution in [-0.4, -0.2) is 57.5 Å². The smallest absolute Gasteiger partial charge is 0.275 e. The minimum atomic E-state index is -0.0896. The zero-order valence-corrected chi connectivity index (χ0v) is 10.4. The molecule has 0 aromatic carbocycles. The van der Waals surface area contributed by atoms with Gasteiger partial charge in [0.25, 0.3) is 5.91 Å². The topological polar surface area (TPSA) is 73.1 Å². The normalized spacial score (nSPS) is 18.7. The minimum absolute atomic E-state index is 0.0667. The molecular formula is C10H13N5OS. The summed E-state index contributed by atoms with van der Waals surface area (Å²) in [4.78, 5) is 15.8. The maximum absolute atomic E-state index is 12.0. The predicted molar refractivity (Wildman–Crippen MR) is 62.5 cm³/mol. The number of aromatic nitrogens is 2. The molecule has 1 aliphatic rings. The van der Waals surface area contributed by atoms with Crippen LogP contribution in [0, 0.1) is 11.3 Å². The number of carbonyl (C=O) groups is 1. The second-order valence-electron chi connectivity index (χ2n) is 3.92. The van der Waals surface area contributed by atoms with Crippen LogP contribution >= 0.6 is 11.5 Å². The summed E-state index contributed by atoms with van der Waals surface area (Å²) in [7, 11) is 0. The Kier molecular flexibility index (Phi) is 3.66. The van der Waals surface area contributed by atoms with Crippen molar-refractivity contribution in [1.82, 2.24) is 19.4 Å². The Morgan fingerprint density at radius 3 is 2.76 bits per heavy atom. The molecule has 0 saturated carbocycles. The van der Waals surface area contributed by atoms with E-state index in [9.17, 15) is 4.79 Å². The number of amides is 1. The van der Waals surface area contributed by atoms with E-state index in [0.29, 0.717) is 18.8 Å². The Bertz CT molecular complexity index is 418. The summed E-state index contributed by atoms with van der Waals surface area (Å²) >= 11 is 1.18. The lowest BCUT2D eigenvalue weighted by molar-refractivity contribution is 0.0610. The molecule has 7 heteroatoms. The first-order chi connectivity index (χ1) is 8.22. The number of rotatable bonds is 2. The van der Waals surface area contributed by atoms with Gasteiger partial charge < -0.3 is 4.90 Å². The van der Waals surface area contributed by atoms with Crippen LogP contribution in [0.2, 0.25) is 0 Å². The molecule has 0 spiro atoms. The predicted octanol–water partition coefficient (Wildman–Crippen LogP) is 0.208. The summed E-state index contributed by atoms with van der Waals surface area (Å²) < 4.78 is 3.69. The number of hydrogen-bond acceptors (Lipinski definition) is 6. The Balaban J connectivity index is 1.92. The van der Waals surface area contributed by atoms with E-state index >= 15 is 0 Å². The molecule has 1 unspecified atom stereocenters. The molecule has 0 N–H and O–H groups in total. The van der Waals surface area contributed by atoms with Gasteiger partial charge in [-0.1, -0.05) is 4.49 Å². The third kappa shape index (κ3) is 2.60. The Labute approximate surface area is 104 Å².